The Morgan fingerprint density at radius 1 is 1.35 bits per heavy atom. The number of nitrogens with zero attached hydrogens (tertiary/aromatic N) is 3. The summed E-state index contributed by atoms with van der Waals surface area (Å²) in [5.74, 6) is 0. The van der Waals surface area contributed by atoms with Crippen molar-refractivity contribution in [2.45, 2.75) is 26.3 Å². The lowest BCUT2D eigenvalue weighted by Crippen LogP contribution is -2.31. The molecule has 1 aromatic carbocycles. The van der Waals surface area contributed by atoms with E-state index in [0.717, 1.165) is 23.5 Å². The molecular weight excluding hydrogens is 290 g/mol. The standard InChI is InChI=1S/C17H25N5O/c1-13(2)21(3)16-7-5-6-14(12-16)20-17(23)18-10-8-15-9-11-19-22(15)4/h5-7,9,11-13H,8,10H2,1-4H3,(H2,18,20,23). The highest BCUT2D eigenvalue weighted by Gasteiger charge is 2.07. The number of nitrogens with one attached hydrogen (secondary N) is 2. The Kier molecular flexibility index (Phi) is 5.62. The normalized spacial score (nSPS) is 10.7. The molecule has 124 valence electrons. The summed E-state index contributed by atoms with van der Waals surface area (Å²) in [6.45, 7) is 4.83. The van der Waals surface area contributed by atoms with Crippen LogP contribution in [0, 0.1) is 0 Å². The predicted octanol–water partition coefficient (Wildman–Crippen LogP) is 2.63. The van der Waals surface area contributed by atoms with Crippen LogP contribution in [0.15, 0.2) is 36.5 Å². The third-order valence-electron chi connectivity index (χ3n) is 3.88. The first-order valence-electron chi connectivity index (χ1n) is 7.82. The molecule has 6 nitrogen and oxygen atoms in total. The van der Waals surface area contributed by atoms with E-state index in [1.165, 1.54) is 0 Å². The Balaban J connectivity index is 1.85. The number of carbonyl (C=O) groups is 1. The molecule has 0 atom stereocenters. The van der Waals surface area contributed by atoms with Crippen molar-refractivity contribution in [3.05, 3.63) is 42.2 Å². The SMILES string of the molecule is CC(C)N(C)c1cccc(NC(=O)NCCc2ccnn2C)c1. The van der Waals surface area contributed by atoms with E-state index in [2.05, 4.69) is 34.5 Å². The smallest absolute Gasteiger partial charge is 0.319 e. The van der Waals surface area contributed by atoms with Crippen LogP contribution in [-0.4, -0.2) is 35.4 Å². The number of carbonyl (C=O) groups excluding carboxylic acids is 1. The highest BCUT2D eigenvalue weighted by atomic mass is 16.2. The van der Waals surface area contributed by atoms with Gasteiger partial charge in [-0.3, -0.25) is 4.68 Å². The maximum absolute atomic E-state index is 12.0. The molecule has 0 bridgehead atoms. The van der Waals surface area contributed by atoms with Crippen molar-refractivity contribution in [3.63, 3.8) is 0 Å². The van der Waals surface area contributed by atoms with Crippen LogP contribution in [0.2, 0.25) is 0 Å². The molecule has 0 radical (unpaired) electrons. The van der Waals surface area contributed by atoms with E-state index in [1.807, 2.05) is 49.1 Å². The molecule has 0 unspecified atom stereocenters. The minimum absolute atomic E-state index is 0.198. The lowest BCUT2D eigenvalue weighted by atomic mass is 10.2. The molecule has 2 N–H and O–H groups in total. The summed E-state index contributed by atoms with van der Waals surface area (Å²) in [6.07, 6.45) is 2.51. The topological polar surface area (TPSA) is 62.2 Å². The van der Waals surface area contributed by atoms with Crippen molar-refractivity contribution in [2.24, 2.45) is 7.05 Å². The average Bonchev–Trinajstić information content (AvgIpc) is 2.92. The van der Waals surface area contributed by atoms with Crippen molar-refractivity contribution in [1.29, 1.82) is 0 Å². The van der Waals surface area contributed by atoms with Crippen LogP contribution in [0.3, 0.4) is 0 Å². The highest BCUT2D eigenvalue weighted by Crippen LogP contribution is 2.19. The van der Waals surface area contributed by atoms with Crippen LogP contribution in [0.25, 0.3) is 0 Å². The van der Waals surface area contributed by atoms with Gasteiger partial charge in [-0.25, -0.2) is 4.79 Å². The summed E-state index contributed by atoms with van der Waals surface area (Å²) >= 11 is 0. The third kappa shape index (κ3) is 4.74. The van der Waals surface area contributed by atoms with Gasteiger partial charge in [-0.15, -0.1) is 0 Å². The van der Waals surface area contributed by atoms with Crippen molar-refractivity contribution in [3.8, 4) is 0 Å². The minimum atomic E-state index is -0.198. The lowest BCUT2D eigenvalue weighted by molar-refractivity contribution is 0.252. The van der Waals surface area contributed by atoms with Gasteiger partial charge in [0.15, 0.2) is 0 Å². The van der Waals surface area contributed by atoms with Gasteiger partial charge >= 0.3 is 6.03 Å². The number of urea groups is 1. The summed E-state index contributed by atoms with van der Waals surface area (Å²) in [6, 6.07) is 9.99. The molecule has 23 heavy (non-hydrogen) atoms. The summed E-state index contributed by atoms with van der Waals surface area (Å²) in [7, 11) is 3.93. The number of hydrogen-bond acceptors (Lipinski definition) is 3. The number of aryl methyl sites for hydroxylation is 1. The van der Waals surface area contributed by atoms with Gasteiger partial charge in [0.25, 0.3) is 0 Å². The summed E-state index contributed by atoms with van der Waals surface area (Å²) in [4.78, 5) is 14.1. The fraction of sp³-hybridized carbons (Fsp3) is 0.412. The van der Waals surface area contributed by atoms with E-state index in [4.69, 9.17) is 0 Å². The van der Waals surface area contributed by atoms with E-state index >= 15 is 0 Å². The molecule has 0 spiro atoms. The maximum Gasteiger partial charge on any atom is 0.319 e. The zero-order valence-corrected chi connectivity index (χ0v) is 14.2. The van der Waals surface area contributed by atoms with Crippen LogP contribution in [0.5, 0.6) is 0 Å². The second kappa shape index (κ2) is 7.67. The second-order valence-electron chi connectivity index (χ2n) is 5.83. The number of amides is 2. The highest BCUT2D eigenvalue weighted by molar-refractivity contribution is 5.89. The number of aromatic nitrogens is 2. The zero-order valence-electron chi connectivity index (χ0n) is 14.2. The van der Waals surface area contributed by atoms with Gasteiger partial charge in [-0.2, -0.15) is 5.10 Å². The number of anilines is 2. The fourth-order valence-corrected chi connectivity index (χ4v) is 2.23. The largest absolute Gasteiger partial charge is 0.372 e. The van der Waals surface area contributed by atoms with Crippen molar-refractivity contribution in [1.82, 2.24) is 15.1 Å². The number of benzene rings is 1. The zero-order chi connectivity index (χ0) is 16.8. The van der Waals surface area contributed by atoms with E-state index in [0.29, 0.717) is 12.6 Å². The predicted molar refractivity (Wildman–Crippen MR) is 93.9 cm³/mol. The molecule has 0 saturated heterocycles. The maximum atomic E-state index is 12.0. The quantitative estimate of drug-likeness (QED) is 0.861. The van der Waals surface area contributed by atoms with Crippen LogP contribution in [-0.2, 0) is 13.5 Å². The van der Waals surface area contributed by atoms with Gasteiger partial charge in [0.1, 0.15) is 0 Å². The van der Waals surface area contributed by atoms with E-state index in [1.54, 1.807) is 6.20 Å². The first-order valence-corrected chi connectivity index (χ1v) is 7.82. The monoisotopic (exact) mass is 315 g/mol. The molecule has 1 aromatic heterocycles. The van der Waals surface area contributed by atoms with Gasteiger partial charge in [0, 0.05) is 56.4 Å². The van der Waals surface area contributed by atoms with Gasteiger partial charge in [-0.1, -0.05) is 6.07 Å². The van der Waals surface area contributed by atoms with Crippen molar-refractivity contribution in [2.75, 3.05) is 23.8 Å². The molecular formula is C17H25N5O. The Bertz CT molecular complexity index is 650. The lowest BCUT2D eigenvalue weighted by Gasteiger charge is -2.24. The Morgan fingerprint density at radius 2 is 2.13 bits per heavy atom. The van der Waals surface area contributed by atoms with Crippen LogP contribution >= 0.6 is 0 Å². The molecule has 0 aliphatic heterocycles. The molecule has 0 aliphatic rings. The van der Waals surface area contributed by atoms with Crippen LogP contribution < -0.4 is 15.5 Å². The molecule has 0 aliphatic carbocycles. The molecule has 2 amide bonds. The van der Waals surface area contributed by atoms with Gasteiger partial charge < -0.3 is 15.5 Å². The first kappa shape index (κ1) is 16.9. The van der Waals surface area contributed by atoms with Gasteiger partial charge in [0.2, 0.25) is 0 Å². The Labute approximate surface area is 137 Å². The third-order valence-corrected chi connectivity index (χ3v) is 3.88. The van der Waals surface area contributed by atoms with E-state index in [-0.39, 0.29) is 6.03 Å². The average molecular weight is 315 g/mol. The van der Waals surface area contributed by atoms with Crippen molar-refractivity contribution >= 4 is 17.4 Å². The molecule has 2 aromatic rings. The van der Waals surface area contributed by atoms with Crippen LogP contribution in [0.4, 0.5) is 16.2 Å². The van der Waals surface area contributed by atoms with Crippen molar-refractivity contribution < 1.29 is 4.79 Å². The molecule has 2 rings (SSSR count). The molecule has 6 heteroatoms. The van der Waals surface area contributed by atoms with Gasteiger partial charge in [-0.05, 0) is 38.1 Å². The van der Waals surface area contributed by atoms with Gasteiger partial charge in [0.05, 0.1) is 0 Å². The summed E-state index contributed by atoms with van der Waals surface area (Å²) in [5, 5.41) is 9.84. The Hall–Kier alpha value is -2.50. The minimum Gasteiger partial charge on any atom is -0.372 e. The number of hydrogen-bond donors (Lipinski definition) is 2. The summed E-state index contributed by atoms with van der Waals surface area (Å²) in [5.41, 5.74) is 2.95. The van der Waals surface area contributed by atoms with E-state index < -0.39 is 0 Å². The van der Waals surface area contributed by atoms with E-state index in [9.17, 15) is 4.79 Å². The molecule has 0 fully saturated rings. The molecule has 0 saturated carbocycles. The molecule has 1 heterocycles. The summed E-state index contributed by atoms with van der Waals surface area (Å²) < 4.78 is 1.81. The first-order chi connectivity index (χ1) is 11.0. The second-order valence-corrected chi connectivity index (χ2v) is 5.83. The fourth-order valence-electron chi connectivity index (χ4n) is 2.23. The Morgan fingerprint density at radius 3 is 2.78 bits per heavy atom. The number of rotatable bonds is 6. The van der Waals surface area contributed by atoms with Crippen LogP contribution in [0.1, 0.15) is 19.5 Å².